The Bertz CT molecular complexity index is 364. The lowest BCUT2D eigenvalue weighted by Gasteiger charge is -2.26. The molecule has 0 aliphatic rings. The third-order valence-electron chi connectivity index (χ3n) is 3.56. The highest BCUT2D eigenvalue weighted by Gasteiger charge is 2.19. The fraction of sp³-hybridized carbons (Fsp3) is 0.600. The molecular weight excluding hydrogens is 249 g/mol. The van der Waals surface area contributed by atoms with E-state index in [0.717, 1.165) is 19.4 Å². The highest BCUT2D eigenvalue weighted by atomic mass is 35.5. The molecule has 0 aliphatic heterocycles. The molecule has 0 aliphatic carbocycles. The Morgan fingerprint density at radius 2 is 1.89 bits per heavy atom. The zero-order valence-electron chi connectivity index (χ0n) is 11.5. The van der Waals surface area contributed by atoms with Gasteiger partial charge in [-0.2, -0.15) is 0 Å². The predicted octanol–water partition coefficient (Wildman–Crippen LogP) is 4.44. The van der Waals surface area contributed by atoms with Crippen LogP contribution in [0.25, 0.3) is 0 Å². The number of hydrogen-bond acceptors (Lipinski definition) is 1. The largest absolute Gasteiger partial charge is 0.314 e. The minimum Gasteiger partial charge on any atom is -0.314 e. The lowest BCUT2D eigenvalue weighted by molar-refractivity contribution is 0.334. The zero-order chi connectivity index (χ0) is 13.5. The van der Waals surface area contributed by atoms with Gasteiger partial charge in [0.05, 0.1) is 5.02 Å². The molecule has 1 N–H and O–H groups in total. The predicted molar refractivity (Wildman–Crippen MR) is 76.7 cm³/mol. The van der Waals surface area contributed by atoms with E-state index in [1.807, 2.05) is 12.1 Å². The molecule has 0 bridgehead atoms. The second kappa shape index (κ2) is 7.75. The summed E-state index contributed by atoms with van der Waals surface area (Å²) >= 11 is 5.83. The average Bonchev–Trinajstić information content (AvgIpc) is 2.36. The summed E-state index contributed by atoms with van der Waals surface area (Å²) in [5, 5.41) is 3.69. The number of benzene rings is 1. The summed E-state index contributed by atoms with van der Waals surface area (Å²) < 4.78 is 13.9. The Balaban J connectivity index is 2.85. The van der Waals surface area contributed by atoms with Crippen molar-refractivity contribution in [3.05, 3.63) is 34.6 Å². The number of rotatable bonds is 7. The lowest BCUT2D eigenvalue weighted by atomic mass is 9.89. The SMILES string of the molecule is CCNC(Cc1cccc(Cl)c1F)C(CC)CC. The summed E-state index contributed by atoms with van der Waals surface area (Å²) in [7, 11) is 0. The van der Waals surface area contributed by atoms with Crippen LogP contribution in [-0.4, -0.2) is 12.6 Å². The molecule has 0 radical (unpaired) electrons. The normalized spacial score (nSPS) is 13.0. The van der Waals surface area contributed by atoms with Crippen molar-refractivity contribution >= 4 is 11.6 Å². The lowest BCUT2D eigenvalue weighted by Crippen LogP contribution is -2.37. The monoisotopic (exact) mass is 271 g/mol. The molecule has 1 aromatic carbocycles. The van der Waals surface area contributed by atoms with Crippen LogP contribution in [0.4, 0.5) is 4.39 Å². The van der Waals surface area contributed by atoms with E-state index in [0.29, 0.717) is 23.9 Å². The van der Waals surface area contributed by atoms with Crippen LogP contribution in [0, 0.1) is 11.7 Å². The summed E-state index contributed by atoms with van der Waals surface area (Å²) in [4.78, 5) is 0. The van der Waals surface area contributed by atoms with Crippen LogP contribution in [0.15, 0.2) is 18.2 Å². The van der Waals surface area contributed by atoms with Crippen molar-refractivity contribution in [3.63, 3.8) is 0 Å². The van der Waals surface area contributed by atoms with Crippen molar-refractivity contribution in [1.29, 1.82) is 0 Å². The van der Waals surface area contributed by atoms with E-state index in [2.05, 4.69) is 26.1 Å². The molecule has 0 saturated carbocycles. The van der Waals surface area contributed by atoms with E-state index in [1.54, 1.807) is 6.07 Å². The zero-order valence-corrected chi connectivity index (χ0v) is 12.2. The minimum absolute atomic E-state index is 0.215. The second-order valence-electron chi connectivity index (χ2n) is 4.66. The molecule has 1 rings (SSSR count). The molecule has 0 saturated heterocycles. The van der Waals surface area contributed by atoms with Crippen LogP contribution in [-0.2, 0) is 6.42 Å². The third-order valence-corrected chi connectivity index (χ3v) is 3.85. The van der Waals surface area contributed by atoms with Gasteiger partial charge in [-0.25, -0.2) is 4.39 Å². The summed E-state index contributed by atoms with van der Waals surface area (Å²) in [6.45, 7) is 7.37. The molecular formula is C15H23ClFN. The quantitative estimate of drug-likeness (QED) is 0.773. The van der Waals surface area contributed by atoms with E-state index in [9.17, 15) is 4.39 Å². The highest BCUT2D eigenvalue weighted by molar-refractivity contribution is 6.30. The smallest absolute Gasteiger partial charge is 0.145 e. The van der Waals surface area contributed by atoms with Crippen molar-refractivity contribution < 1.29 is 4.39 Å². The fourth-order valence-electron chi connectivity index (χ4n) is 2.47. The van der Waals surface area contributed by atoms with Gasteiger partial charge in [0.2, 0.25) is 0 Å². The summed E-state index contributed by atoms with van der Waals surface area (Å²) in [5.41, 5.74) is 0.709. The van der Waals surface area contributed by atoms with Crippen LogP contribution in [0.1, 0.15) is 39.2 Å². The maximum absolute atomic E-state index is 13.9. The molecule has 3 heteroatoms. The van der Waals surface area contributed by atoms with Crippen molar-refractivity contribution in [3.8, 4) is 0 Å². The van der Waals surface area contributed by atoms with Crippen LogP contribution < -0.4 is 5.32 Å². The van der Waals surface area contributed by atoms with Crippen molar-refractivity contribution in [2.45, 2.75) is 46.1 Å². The van der Waals surface area contributed by atoms with E-state index in [-0.39, 0.29) is 10.8 Å². The molecule has 102 valence electrons. The Labute approximate surface area is 115 Å². The van der Waals surface area contributed by atoms with Crippen LogP contribution in [0.3, 0.4) is 0 Å². The van der Waals surface area contributed by atoms with Gasteiger partial charge < -0.3 is 5.32 Å². The van der Waals surface area contributed by atoms with Crippen molar-refractivity contribution in [2.24, 2.45) is 5.92 Å². The first-order valence-electron chi connectivity index (χ1n) is 6.80. The average molecular weight is 272 g/mol. The van der Waals surface area contributed by atoms with Crippen molar-refractivity contribution in [1.82, 2.24) is 5.32 Å². The van der Waals surface area contributed by atoms with E-state index >= 15 is 0 Å². The second-order valence-corrected chi connectivity index (χ2v) is 5.07. The van der Waals surface area contributed by atoms with Gasteiger partial charge in [-0.1, -0.05) is 57.3 Å². The first kappa shape index (κ1) is 15.5. The summed E-state index contributed by atoms with van der Waals surface area (Å²) in [5.74, 6) is 0.302. The maximum Gasteiger partial charge on any atom is 0.145 e. The molecule has 0 aromatic heterocycles. The molecule has 0 spiro atoms. The van der Waals surface area contributed by atoms with E-state index in [1.165, 1.54) is 0 Å². The van der Waals surface area contributed by atoms with Gasteiger partial charge in [0.15, 0.2) is 0 Å². The topological polar surface area (TPSA) is 12.0 Å². The highest BCUT2D eigenvalue weighted by Crippen LogP contribution is 2.22. The number of nitrogens with one attached hydrogen (secondary N) is 1. The first-order valence-corrected chi connectivity index (χ1v) is 7.18. The van der Waals surface area contributed by atoms with E-state index in [4.69, 9.17) is 11.6 Å². The molecule has 0 heterocycles. The van der Waals surface area contributed by atoms with Crippen molar-refractivity contribution in [2.75, 3.05) is 6.54 Å². The standard InChI is InChI=1S/C15H23ClFN/c1-4-11(5-2)14(18-6-3)10-12-8-7-9-13(16)15(12)17/h7-9,11,14,18H,4-6,10H2,1-3H3. The summed E-state index contributed by atoms with van der Waals surface area (Å²) in [6, 6.07) is 5.56. The molecule has 1 nitrogen and oxygen atoms in total. The van der Waals surface area contributed by atoms with Crippen LogP contribution in [0.2, 0.25) is 5.02 Å². The van der Waals surface area contributed by atoms with E-state index < -0.39 is 0 Å². The van der Waals surface area contributed by atoms with Gasteiger partial charge in [0.1, 0.15) is 5.82 Å². The number of halogens is 2. The van der Waals surface area contributed by atoms with Gasteiger partial charge in [0.25, 0.3) is 0 Å². The molecule has 1 unspecified atom stereocenters. The maximum atomic E-state index is 13.9. The third kappa shape index (κ3) is 3.96. The first-order chi connectivity index (χ1) is 8.63. The molecule has 0 fully saturated rings. The van der Waals surface area contributed by atoms with Crippen LogP contribution >= 0.6 is 11.6 Å². The van der Waals surface area contributed by atoms with Gasteiger partial charge in [-0.05, 0) is 30.5 Å². The van der Waals surface area contributed by atoms with Crippen LogP contribution in [0.5, 0.6) is 0 Å². The Morgan fingerprint density at radius 3 is 2.44 bits per heavy atom. The van der Waals surface area contributed by atoms with Gasteiger partial charge >= 0.3 is 0 Å². The molecule has 1 atom stereocenters. The molecule has 0 amide bonds. The Hall–Kier alpha value is -0.600. The minimum atomic E-state index is -0.270. The number of hydrogen-bond donors (Lipinski definition) is 1. The van der Waals surface area contributed by atoms with Gasteiger partial charge in [0, 0.05) is 6.04 Å². The number of likely N-dealkylation sites (N-methyl/N-ethyl adjacent to an activating group) is 1. The molecule has 1 aromatic rings. The Morgan fingerprint density at radius 1 is 1.22 bits per heavy atom. The fourth-order valence-corrected chi connectivity index (χ4v) is 2.66. The van der Waals surface area contributed by atoms with Gasteiger partial charge in [-0.15, -0.1) is 0 Å². The van der Waals surface area contributed by atoms with Gasteiger partial charge in [-0.3, -0.25) is 0 Å². The molecule has 18 heavy (non-hydrogen) atoms. The Kier molecular flexibility index (Phi) is 6.66. The summed E-state index contributed by atoms with van der Waals surface area (Å²) in [6.07, 6.45) is 2.92.